The predicted molar refractivity (Wildman–Crippen MR) is 109 cm³/mol. The number of aryl methyl sites for hydroxylation is 1. The van der Waals surface area contributed by atoms with Gasteiger partial charge in [0.05, 0.1) is 11.5 Å². The monoisotopic (exact) mass is 374 g/mol. The average Bonchev–Trinajstić information content (AvgIpc) is 3.18. The van der Waals surface area contributed by atoms with Crippen LogP contribution in [0.3, 0.4) is 0 Å². The maximum Gasteiger partial charge on any atom is 0.191 e. The first kappa shape index (κ1) is 18.7. The van der Waals surface area contributed by atoms with Crippen molar-refractivity contribution in [3.63, 3.8) is 0 Å². The van der Waals surface area contributed by atoms with E-state index in [4.69, 9.17) is 0 Å². The van der Waals surface area contributed by atoms with Crippen LogP contribution in [0.5, 0.6) is 0 Å². The van der Waals surface area contributed by atoms with Gasteiger partial charge in [-0.3, -0.25) is 0 Å². The number of anilines is 1. The molecule has 26 heavy (non-hydrogen) atoms. The molecule has 1 aliphatic rings. The Hall–Kier alpha value is -2.08. The zero-order valence-electron chi connectivity index (χ0n) is 15.5. The number of thiophene rings is 1. The maximum absolute atomic E-state index is 13.7. The van der Waals surface area contributed by atoms with Crippen molar-refractivity contribution in [2.24, 2.45) is 4.99 Å². The van der Waals surface area contributed by atoms with Gasteiger partial charge < -0.3 is 15.5 Å². The van der Waals surface area contributed by atoms with E-state index in [1.807, 2.05) is 6.07 Å². The van der Waals surface area contributed by atoms with Crippen LogP contribution in [0.25, 0.3) is 0 Å². The van der Waals surface area contributed by atoms with Gasteiger partial charge in [-0.25, -0.2) is 9.38 Å². The normalized spacial score (nSPS) is 16.0. The molecule has 1 aromatic heterocycles. The minimum absolute atomic E-state index is 0.170. The maximum atomic E-state index is 13.7. The summed E-state index contributed by atoms with van der Waals surface area (Å²) in [5.74, 6) is 0.639. The number of rotatable bonds is 5. The standard InChI is InChI=1S/C20H27FN4S/c1-3-22-20(23-14-16-7-6-15(2)18(21)13-16)24-17-8-10-25(11-9-17)19-5-4-12-26-19/h4-7,12-13,17H,3,8-11,14H2,1-2H3,(H2,22,23,24). The van der Waals surface area contributed by atoms with E-state index in [1.54, 1.807) is 30.4 Å². The van der Waals surface area contributed by atoms with Crippen molar-refractivity contribution >= 4 is 22.3 Å². The van der Waals surface area contributed by atoms with Crippen molar-refractivity contribution in [1.82, 2.24) is 10.6 Å². The Morgan fingerprint density at radius 3 is 2.77 bits per heavy atom. The van der Waals surface area contributed by atoms with Gasteiger partial charge in [-0.15, -0.1) is 11.3 Å². The first-order chi connectivity index (χ1) is 12.7. The summed E-state index contributed by atoms with van der Waals surface area (Å²) in [6.07, 6.45) is 2.17. The highest BCUT2D eigenvalue weighted by Crippen LogP contribution is 2.24. The Bertz CT molecular complexity index is 721. The molecular weight excluding hydrogens is 347 g/mol. The summed E-state index contributed by atoms with van der Waals surface area (Å²) >= 11 is 1.80. The van der Waals surface area contributed by atoms with E-state index in [9.17, 15) is 4.39 Å². The van der Waals surface area contributed by atoms with Crippen LogP contribution in [0.15, 0.2) is 40.7 Å². The summed E-state index contributed by atoms with van der Waals surface area (Å²) in [6, 6.07) is 10.0. The van der Waals surface area contributed by atoms with E-state index in [0.29, 0.717) is 18.2 Å². The smallest absolute Gasteiger partial charge is 0.191 e. The van der Waals surface area contributed by atoms with Gasteiger partial charge in [0.25, 0.3) is 0 Å². The number of guanidine groups is 1. The number of halogens is 1. The molecule has 0 radical (unpaired) electrons. The van der Waals surface area contributed by atoms with E-state index in [1.165, 1.54) is 5.00 Å². The molecule has 2 N–H and O–H groups in total. The highest BCUT2D eigenvalue weighted by atomic mass is 32.1. The summed E-state index contributed by atoms with van der Waals surface area (Å²) in [7, 11) is 0. The summed E-state index contributed by atoms with van der Waals surface area (Å²) in [6.45, 7) is 7.23. The predicted octanol–water partition coefficient (Wildman–Crippen LogP) is 3.92. The molecule has 0 saturated carbocycles. The van der Waals surface area contributed by atoms with Crippen molar-refractivity contribution < 1.29 is 4.39 Å². The molecule has 0 atom stereocenters. The van der Waals surface area contributed by atoms with Crippen LogP contribution < -0.4 is 15.5 Å². The topological polar surface area (TPSA) is 39.7 Å². The number of benzene rings is 1. The van der Waals surface area contributed by atoms with Gasteiger partial charge >= 0.3 is 0 Å². The van der Waals surface area contributed by atoms with E-state index in [2.05, 4.69) is 45.0 Å². The van der Waals surface area contributed by atoms with E-state index in [-0.39, 0.29) is 5.82 Å². The van der Waals surface area contributed by atoms with E-state index >= 15 is 0 Å². The Labute approximate surface area is 159 Å². The van der Waals surface area contributed by atoms with Crippen LogP contribution in [-0.2, 0) is 6.54 Å². The molecule has 1 aromatic carbocycles. The molecule has 0 amide bonds. The number of piperidine rings is 1. The molecule has 6 heteroatoms. The summed E-state index contributed by atoms with van der Waals surface area (Å²) < 4.78 is 13.7. The summed E-state index contributed by atoms with van der Waals surface area (Å²) in [5.41, 5.74) is 1.55. The van der Waals surface area contributed by atoms with Gasteiger partial charge in [0.1, 0.15) is 5.82 Å². The first-order valence-corrected chi connectivity index (χ1v) is 10.1. The lowest BCUT2D eigenvalue weighted by atomic mass is 10.1. The largest absolute Gasteiger partial charge is 0.363 e. The van der Waals surface area contributed by atoms with E-state index in [0.717, 1.165) is 44.0 Å². The van der Waals surface area contributed by atoms with Crippen LogP contribution >= 0.6 is 11.3 Å². The lowest BCUT2D eigenvalue weighted by Gasteiger charge is -2.33. The summed E-state index contributed by atoms with van der Waals surface area (Å²) in [5, 5.41) is 10.3. The number of aliphatic imine (C=N–C) groups is 1. The quantitative estimate of drug-likeness (QED) is 0.616. The highest BCUT2D eigenvalue weighted by molar-refractivity contribution is 7.14. The molecule has 0 aliphatic carbocycles. The molecule has 140 valence electrons. The fourth-order valence-electron chi connectivity index (χ4n) is 3.11. The lowest BCUT2D eigenvalue weighted by molar-refractivity contribution is 0.463. The molecule has 1 aliphatic heterocycles. The van der Waals surface area contributed by atoms with Crippen LogP contribution in [0.2, 0.25) is 0 Å². The van der Waals surface area contributed by atoms with Gasteiger partial charge in [-0.1, -0.05) is 12.1 Å². The fraction of sp³-hybridized carbons (Fsp3) is 0.450. The van der Waals surface area contributed by atoms with Gasteiger partial charge in [0.15, 0.2) is 5.96 Å². The Kier molecular flexibility index (Phi) is 6.50. The molecule has 4 nitrogen and oxygen atoms in total. The van der Waals surface area contributed by atoms with Gasteiger partial charge in [-0.05, 0) is 61.4 Å². The van der Waals surface area contributed by atoms with E-state index < -0.39 is 0 Å². The lowest BCUT2D eigenvalue weighted by Crippen LogP contribution is -2.48. The second-order valence-electron chi connectivity index (χ2n) is 6.64. The molecule has 3 rings (SSSR count). The molecule has 0 bridgehead atoms. The van der Waals surface area contributed by atoms with Crippen LogP contribution in [0.1, 0.15) is 30.9 Å². The second-order valence-corrected chi connectivity index (χ2v) is 7.56. The molecule has 2 heterocycles. The average molecular weight is 375 g/mol. The Morgan fingerprint density at radius 1 is 1.31 bits per heavy atom. The number of hydrogen-bond acceptors (Lipinski definition) is 3. The SMILES string of the molecule is CCNC(=NCc1ccc(C)c(F)c1)NC1CCN(c2cccs2)CC1. The van der Waals surface area contributed by atoms with Crippen LogP contribution in [0.4, 0.5) is 9.39 Å². The van der Waals surface area contributed by atoms with Crippen LogP contribution in [-0.4, -0.2) is 31.6 Å². The number of hydrogen-bond donors (Lipinski definition) is 2. The third-order valence-corrected chi connectivity index (χ3v) is 5.58. The Morgan fingerprint density at radius 2 is 2.12 bits per heavy atom. The number of nitrogens with one attached hydrogen (secondary N) is 2. The molecule has 0 spiro atoms. The third kappa shape index (κ3) is 4.97. The molecule has 2 aromatic rings. The Balaban J connectivity index is 1.55. The molecule has 0 unspecified atom stereocenters. The van der Waals surface area contributed by atoms with Crippen molar-refractivity contribution in [2.75, 3.05) is 24.5 Å². The van der Waals surface area contributed by atoms with Crippen molar-refractivity contribution in [2.45, 2.75) is 39.3 Å². The van der Waals surface area contributed by atoms with Crippen molar-refractivity contribution in [3.8, 4) is 0 Å². The van der Waals surface area contributed by atoms with Crippen LogP contribution in [0, 0.1) is 12.7 Å². The zero-order valence-corrected chi connectivity index (χ0v) is 16.3. The summed E-state index contributed by atoms with van der Waals surface area (Å²) in [4.78, 5) is 7.08. The van der Waals surface area contributed by atoms with Gasteiger partial charge in [-0.2, -0.15) is 0 Å². The minimum Gasteiger partial charge on any atom is -0.363 e. The fourth-order valence-corrected chi connectivity index (χ4v) is 3.90. The van der Waals surface area contributed by atoms with Crippen molar-refractivity contribution in [3.05, 3.63) is 52.7 Å². The molecule has 1 fully saturated rings. The highest BCUT2D eigenvalue weighted by Gasteiger charge is 2.20. The molecule has 1 saturated heterocycles. The van der Waals surface area contributed by atoms with Gasteiger partial charge in [0, 0.05) is 25.7 Å². The zero-order chi connectivity index (χ0) is 18.4. The second kappa shape index (κ2) is 9.03. The number of nitrogens with zero attached hydrogens (tertiary/aromatic N) is 2. The first-order valence-electron chi connectivity index (χ1n) is 9.24. The minimum atomic E-state index is -0.170. The molecular formula is C20H27FN4S. The third-order valence-electron chi connectivity index (χ3n) is 4.65. The van der Waals surface area contributed by atoms with Gasteiger partial charge in [0.2, 0.25) is 0 Å². The van der Waals surface area contributed by atoms with Crippen molar-refractivity contribution in [1.29, 1.82) is 0 Å².